The van der Waals surface area contributed by atoms with E-state index < -0.39 is 0 Å². The van der Waals surface area contributed by atoms with E-state index in [0.29, 0.717) is 12.1 Å². The second-order valence-electron chi connectivity index (χ2n) is 4.92. The van der Waals surface area contributed by atoms with Crippen LogP contribution < -0.4 is 5.73 Å². The van der Waals surface area contributed by atoms with Crippen LogP contribution in [0, 0.1) is 0 Å². The van der Waals surface area contributed by atoms with Gasteiger partial charge < -0.3 is 5.73 Å². The first-order chi connectivity index (χ1) is 7.75. The molecule has 1 aromatic carbocycles. The topological polar surface area (TPSA) is 29.3 Å². The molecular weight excluding hydrogens is 264 g/mol. The summed E-state index contributed by atoms with van der Waals surface area (Å²) < 4.78 is 1.14. The van der Waals surface area contributed by atoms with Crippen molar-refractivity contribution in [2.75, 3.05) is 6.54 Å². The normalized spacial score (nSPS) is 30.9. The smallest absolute Gasteiger partial charge is 0.0502 e. The third-order valence-electron chi connectivity index (χ3n) is 3.71. The molecule has 3 rings (SSSR count). The van der Waals surface area contributed by atoms with Gasteiger partial charge in [0.15, 0.2) is 0 Å². The van der Waals surface area contributed by atoms with E-state index in [-0.39, 0.29) is 0 Å². The molecule has 2 N–H and O–H groups in total. The molecule has 1 saturated heterocycles. The molecule has 16 heavy (non-hydrogen) atoms. The van der Waals surface area contributed by atoms with Crippen molar-refractivity contribution in [3.8, 4) is 0 Å². The van der Waals surface area contributed by atoms with E-state index in [9.17, 15) is 0 Å². The fraction of sp³-hybridized carbons (Fsp3) is 0.538. The number of rotatable bonds is 2. The van der Waals surface area contributed by atoms with Crippen molar-refractivity contribution < 1.29 is 0 Å². The highest BCUT2D eigenvalue weighted by molar-refractivity contribution is 9.10. The Labute approximate surface area is 105 Å². The summed E-state index contributed by atoms with van der Waals surface area (Å²) in [5, 5.41) is 0. The number of benzene rings is 1. The van der Waals surface area contributed by atoms with Gasteiger partial charge in [0.05, 0.1) is 6.04 Å². The molecule has 0 radical (unpaired) electrons. The molecule has 2 unspecified atom stereocenters. The molecule has 2 atom stereocenters. The first kappa shape index (κ1) is 10.8. The van der Waals surface area contributed by atoms with Crippen LogP contribution in [0.15, 0.2) is 28.7 Å². The lowest BCUT2D eigenvalue weighted by atomic mass is 10.0. The maximum atomic E-state index is 6.25. The van der Waals surface area contributed by atoms with Gasteiger partial charge in [0, 0.05) is 23.1 Å². The molecule has 1 aromatic rings. The van der Waals surface area contributed by atoms with Crippen LogP contribution in [0.25, 0.3) is 0 Å². The van der Waals surface area contributed by atoms with Crippen LogP contribution in [-0.2, 0) is 0 Å². The zero-order chi connectivity index (χ0) is 11.1. The van der Waals surface area contributed by atoms with Crippen molar-refractivity contribution >= 4 is 15.9 Å². The monoisotopic (exact) mass is 280 g/mol. The van der Waals surface area contributed by atoms with Gasteiger partial charge in [0.1, 0.15) is 0 Å². The van der Waals surface area contributed by atoms with Crippen LogP contribution in [0.3, 0.4) is 0 Å². The molecule has 0 aromatic heterocycles. The number of hydrogen-bond donors (Lipinski definition) is 1. The number of likely N-dealkylation sites (tertiary alicyclic amines) is 1. The minimum absolute atomic E-state index is 0.307. The lowest BCUT2D eigenvalue weighted by Crippen LogP contribution is -2.33. The Hall–Kier alpha value is -0.380. The van der Waals surface area contributed by atoms with Crippen molar-refractivity contribution in [1.29, 1.82) is 0 Å². The molecule has 2 fully saturated rings. The Morgan fingerprint density at radius 1 is 1.12 bits per heavy atom. The summed E-state index contributed by atoms with van der Waals surface area (Å²) >= 11 is 3.48. The fourth-order valence-electron chi connectivity index (χ4n) is 2.76. The van der Waals surface area contributed by atoms with Gasteiger partial charge in [-0.1, -0.05) is 28.1 Å². The summed E-state index contributed by atoms with van der Waals surface area (Å²) in [6.45, 7) is 1.17. The van der Waals surface area contributed by atoms with Crippen LogP contribution in [0.4, 0.5) is 0 Å². The van der Waals surface area contributed by atoms with E-state index in [1.807, 2.05) is 0 Å². The molecule has 86 valence electrons. The Balaban J connectivity index is 1.87. The van der Waals surface area contributed by atoms with Crippen LogP contribution in [0.1, 0.15) is 30.9 Å². The Morgan fingerprint density at radius 2 is 1.81 bits per heavy atom. The first-order valence-electron chi connectivity index (χ1n) is 6.02. The molecule has 2 nitrogen and oxygen atoms in total. The molecule has 3 heteroatoms. The highest BCUT2D eigenvalue weighted by Crippen LogP contribution is 2.40. The predicted octanol–water partition coefficient (Wildman–Crippen LogP) is 2.69. The van der Waals surface area contributed by atoms with Crippen molar-refractivity contribution in [2.45, 2.75) is 37.4 Å². The average Bonchev–Trinajstić information content (AvgIpc) is 3.05. The van der Waals surface area contributed by atoms with E-state index >= 15 is 0 Å². The number of hydrogen-bond acceptors (Lipinski definition) is 2. The van der Waals surface area contributed by atoms with E-state index in [2.05, 4.69) is 45.1 Å². The summed E-state index contributed by atoms with van der Waals surface area (Å²) in [5.41, 5.74) is 7.63. The SMILES string of the molecule is NC1CCN(C2CC2)C1c1ccc(Br)cc1. The van der Waals surface area contributed by atoms with Gasteiger partial charge in [-0.05, 0) is 37.0 Å². The van der Waals surface area contributed by atoms with E-state index in [4.69, 9.17) is 5.73 Å². The van der Waals surface area contributed by atoms with Gasteiger partial charge in [-0.25, -0.2) is 0 Å². The molecule has 0 bridgehead atoms. The maximum absolute atomic E-state index is 6.25. The third kappa shape index (κ3) is 1.92. The summed E-state index contributed by atoms with van der Waals surface area (Å²) in [7, 11) is 0. The fourth-order valence-corrected chi connectivity index (χ4v) is 3.02. The third-order valence-corrected chi connectivity index (χ3v) is 4.24. The van der Waals surface area contributed by atoms with Gasteiger partial charge >= 0.3 is 0 Å². The van der Waals surface area contributed by atoms with Crippen LogP contribution >= 0.6 is 15.9 Å². The molecule has 1 aliphatic carbocycles. The lowest BCUT2D eigenvalue weighted by molar-refractivity contribution is 0.237. The number of halogens is 1. The van der Waals surface area contributed by atoms with Crippen LogP contribution in [-0.4, -0.2) is 23.5 Å². The van der Waals surface area contributed by atoms with Crippen LogP contribution in [0.2, 0.25) is 0 Å². The van der Waals surface area contributed by atoms with Gasteiger partial charge in [-0.15, -0.1) is 0 Å². The van der Waals surface area contributed by atoms with Gasteiger partial charge in [-0.3, -0.25) is 4.90 Å². The highest BCUT2D eigenvalue weighted by atomic mass is 79.9. The van der Waals surface area contributed by atoms with Crippen molar-refractivity contribution in [2.24, 2.45) is 5.73 Å². The second kappa shape index (κ2) is 4.13. The molecule has 1 heterocycles. The summed E-state index contributed by atoms with van der Waals surface area (Å²) in [6.07, 6.45) is 3.86. The minimum Gasteiger partial charge on any atom is -0.326 e. The Bertz CT molecular complexity index is 372. The second-order valence-corrected chi connectivity index (χ2v) is 5.83. The van der Waals surface area contributed by atoms with E-state index in [1.54, 1.807) is 0 Å². The maximum Gasteiger partial charge on any atom is 0.0502 e. The number of nitrogens with two attached hydrogens (primary N) is 1. The quantitative estimate of drug-likeness (QED) is 0.903. The molecule has 2 aliphatic rings. The zero-order valence-electron chi connectivity index (χ0n) is 9.27. The Kier molecular flexibility index (Phi) is 2.78. The van der Waals surface area contributed by atoms with Crippen molar-refractivity contribution in [3.63, 3.8) is 0 Å². The van der Waals surface area contributed by atoms with Gasteiger partial charge in [-0.2, -0.15) is 0 Å². The van der Waals surface area contributed by atoms with Gasteiger partial charge in [0.25, 0.3) is 0 Å². The molecule has 1 aliphatic heterocycles. The zero-order valence-corrected chi connectivity index (χ0v) is 10.9. The molecule has 0 amide bonds. The van der Waals surface area contributed by atoms with E-state index in [1.165, 1.54) is 24.9 Å². The predicted molar refractivity (Wildman–Crippen MR) is 69.2 cm³/mol. The van der Waals surface area contributed by atoms with Crippen molar-refractivity contribution in [1.82, 2.24) is 4.90 Å². The van der Waals surface area contributed by atoms with Crippen molar-refractivity contribution in [3.05, 3.63) is 34.3 Å². The summed E-state index contributed by atoms with van der Waals surface area (Å²) in [6, 6.07) is 10.2. The summed E-state index contributed by atoms with van der Waals surface area (Å²) in [4.78, 5) is 2.61. The highest BCUT2D eigenvalue weighted by Gasteiger charge is 2.41. The molecule has 0 spiro atoms. The lowest BCUT2D eigenvalue weighted by Gasteiger charge is -2.27. The largest absolute Gasteiger partial charge is 0.326 e. The number of nitrogens with zero attached hydrogens (tertiary/aromatic N) is 1. The minimum atomic E-state index is 0.307. The standard InChI is InChI=1S/C13H17BrN2/c14-10-3-1-9(2-4-10)13-12(15)7-8-16(13)11-5-6-11/h1-4,11-13H,5-8,15H2. The summed E-state index contributed by atoms with van der Waals surface area (Å²) in [5.74, 6) is 0. The first-order valence-corrected chi connectivity index (χ1v) is 6.82. The average molecular weight is 281 g/mol. The van der Waals surface area contributed by atoms with E-state index in [0.717, 1.165) is 16.9 Å². The van der Waals surface area contributed by atoms with Crippen LogP contribution in [0.5, 0.6) is 0 Å². The van der Waals surface area contributed by atoms with Gasteiger partial charge in [0.2, 0.25) is 0 Å². The Morgan fingerprint density at radius 3 is 2.44 bits per heavy atom. The molecule has 1 saturated carbocycles. The molecular formula is C13H17BrN2.